The number of allylic oxidation sites excluding steroid dienone is 2. The lowest BCUT2D eigenvalue weighted by Gasteiger charge is -2.28. The second kappa shape index (κ2) is 8.33. The first kappa shape index (κ1) is 21.2. The van der Waals surface area contributed by atoms with Crippen LogP contribution in [0.3, 0.4) is 0 Å². The van der Waals surface area contributed by atoms with Crippen LogP contribution in [0.1, 0.15) is 17.5 Å². The van der Waals surface area contributed by atoms with Crippen molar-refractivity contribution < 1.29 is 0 Å². The highest BCUT2D eigenvalue weighted by atomic mass is 15.1. The van der Waals surface area contributed by atoms with E-state index in [0.29, 0.717) is 0 Å². The Bertz CT molecular complexity index is 1930. The molecule has 0 spiro atoms. The molecule has 1 nitrogen and oxygen atoms in total. The second-order valence-corrected chi connectivity index (χ2v) is 10.1. The smallest absolute Gasteiger partial charge is 0.0540 e. The largest absolute Gasteiger partial charge is 0.310 e. The molecule has 1 heteroatoms. The van der Waals surface area contributed by atoms with Crippen LogP contribution in [0.15, 0.2) is 127 Å². The minimum atomic E-state index is 0.966. The van der Waals surface area contributed by atoms with E-state index in [9.17, 15) is 0 Å². The van der Waals surface area contributed by atoms with E-state index in [0.717, 1.165) is 17.8 Å². The molecule has 0 unspecified atom stereocenters. The van der Waals surface area contributed by atoms with Crippen LogP contribution in [0.25, 0.3) is 56.0 Å². The fourth-order valence-corrected chi connectivity index (χ4v) is 6.20. The van der Waals surface area contributed by atoms with E-state index in [4.69, 9.17) is 0 Å². The average Bonchev–Trinajstić information content (AvgIpc) is 3.12. The monoisotopic (exact) mass is 483 g/mol. The summed E-state index contributed by atoms with van der Waals surface area (Å²) >= 11 is 0. The first-order valence-electron chi connectivity index (χ1n) is 13.3. The summed E-state index contributed by atoms with van der Waals surface area (Å²) < 4.78 is 0. The van der Waals surface area contributed by atoms with Crippen LogP contribution in [0.2, 0.25) is 0 Å². The molecule has 6 aromatic rings. The SMILES string of the molecule is C1=Cc2ccc(N(c3ccc4ccccc4c3)c3ccc4c5c(cccc35)-c3ccccc3-4)cc2C=CC1. The molecule has 0 saturated carbocycles. The van der Waals surface area contributed by atoms with Crippen molar-refractivity contribution in [3.63, 3.8) is 0 Å². The third-order valence-corrected chi connectivity index (χ3v) is 7.95. The summed E-state index contributed by atoms with van der Waals surface area (Å²) in [6.45, 7) is 0. The van der Waals surface area contributed by atoms with Gasteiger partial charge in [0.1, 0.15) is 0 Å². The van der Waals surface area contributed by atoms with Crippen LogP contribution in [0.5, 0.6) is 0 Å². The molecule has 0 aliphatic heterocycles. The molecule has 178 valence electrons. The second-order valence-electron chi connectivity index (χ2n) is 10.1. The quantitative estimate of drug-likeness (QED) is 0.242. The Morgan fingerprint density at radius 1 is 0.474 bits per heavy atom. The summed E-state index contributed by atoms with van der Waals surface area (Å²) in [5, 5.41) is 5.11. The molecule has 6 aromatic carbocycles. The van der Waals surface area contributed by atoms with Gasteiger partial charge in [0.25, 0.3) is 0 Å². The van der Waals surface area contributed by atoms with Gasteiger partial charge in [-0.2, -0.15) is 0 Å². The average molecular weight is 484 g/mol. The lowest BCUT2D eigenvalue weighted by atomic mass is 9.99. The standard InChI is InChI=1S/C37H25N/c1-2-9-25-17-19-29(23-27(25)11-3-1)38(30-20-18-26-10-4-5-12-28(26)24-30)36-22-21-34-32-14-7-6-13-31(32)33-15-8-16-35(36)37(33)34/h2-24H,1H2. The highest BCUT2D eigenvalue weighted by Gasteiger charge is 2.24. The third kappa shape index (κ3) is 3.19. The van der Waals surface area contributed by atoms with Crippen molar-refractivity contribution in [2.45, 2.75) is 6.42 Å². The molecule has 2 aliphatic rings. The fraction of sp³-hybridized carbons (Fsp3) is 0.0270. The number of anilines is 3. The molecule has 0 fully saturated rings. The summed E-state index contributed by atoms with van der Waals surface area (Å²) in [6, 6.07) is 42.4. The van der Waals surface area contributed by atoms with E-state index in [1.54, 1.807) is 0 Å². The van der Waals surface area contributed by atoms with Crippen LogP contribution in [0.4, 0.5) is 17.1 Å². The minimum absolute atomic E-state index is 0.966. The Hall–Kier alpha value is -4.88. The van der Waals surface area contributed by atoms with Crippen molar-refractivity contribution in [3.8, 4) is 22.3 Å². The van der Waals surface area contributed by atoms with E-state index in [2.05, 4.69) is 144 Å². The summed E-state index contributed by atoms with van der Waals surface area (Å²) in [5.74, 6) is 0. The first-order valence-corrected chi connectivity index (χ1v) is 13.3. The maximum absolute atomic E-state index is 2.43. The molecule has 0 heterocycles. The molecule has 0 radical (unpaired) electrons. The van der Waals surface area contributed by atoms with Crippen LogP contribution < -0.4 is 4.90 Å². The predicted molar refractivity (Wildman–Crippen MR) is 163 cm³/mol. The molecular weight excluding hydrogens is 458 g/mol. The maximum Gasteiger partial charge on any atom is 0.0540 e. The Morgan fingerprint density at radius 3 is 2.03 bits per heavy atom. The van der Waals surface area contributed by atoms with E-state index >= 15 is 0 Å². The predicted octanol–water partition coefficient (Wildman–Crippen LogP) is 10.5. The van der Waals surface area contributed by atoms with Crippen LogP contribution >= 0.6 is 0 Å². The van der Waals surface area contributed by atoms with Gasteiger partial charge in [-0.1, -0.05) is 109 Å². The van der Waals surface area contributed by atoms with Gasteiger partial charge >= 0.3 is 0 Å². The minimum Gasteiger partial charge on any atom is -0.310 e. The highest BCUT2D eigenvalue weighted by Crippen LogP contribution is 2.51. The number of fused-ring (bicyclic) bond motifs is 5. The topological polar surface area (TPSA) is 3.24 Å². The van der Waals surface area contributed by atoms with Crippen LogP contribution in [0, 0.1) is 0 Å². The Labute approximate surface area is 222 Å². The lowest BCUT2D eigenvalue weighted by molar-refractivity contribution is 1.30. The Balaban J connectivity index is 1.41. The number of nitrogens with zero attached hydrogens (tertiary/aromatic N) is 1. The zero-order valence-electron chi connectivity index (χ0n) is 20.9. The Kier molecular flexibility index (Phi) is 4.65. The third-order valence-electron chi connectivity index (χ3n) is 7.95. The molecule has 0 saturated heterocycles. The van der Waals surface area contributed by atoms with Crippen molar-refractivity contribution in [3.05, 3.63) is 139 Å². The van der Waals surface area contributed by atoms with Gasteiger partial charge in [0.05, 0.1) is 5.69 Å². The van der Waals surface area contributed by atoms with Crippen molar-refractivity contribution in [1.29, 1.82) is 0 Å². The maximum atomic E-state index is 2.43. The van der Waals surface area contributed by atoms with Gasteiger partial charge in [0.2, 0.25) is 0 Å². The van der Waals surface area contributed by atoms with Crippen molar-refractivity contribution in [2.75, 3.05) is 4.90 Å². The van der Waals surface area contributed by atoms with E-state index in [-0.39, 0.29) is 0 Å². The van der Waals surface area contributed by atoms with Gasteiger partial charge in [-0.05, 0) is 86.3 Å². The first-order chi connectivity index (χ1) is 18.8. The molecular formula is C37H25N. The number of hydrogen-bond acceptors (Lipinski definition) is 1. The molecule has 2 aliphatic carbocycles. The van der Waals surface area contributed by atoms with E-state index in [1.165, 1.54) is 60.6 Å². The number of hydrogen-bond donors (Lipinski definition) is 0. The Morgan fingerprint density at radius 2 is 1.16 bits per heavy atom. The zero-order valence-corrected chi connectivity index (χ0v) is 20.9. The molecule has 0 bridgehead atoms. The molecule has 38 heavy (non-hydrogen) atoms. The van der Waals surface area contributed by atoms with E-state index in [1.807, 2.05) is 0 Å². The van der Waals surface area contributed by atoms with Gasteiger partial charge in [0.15, 0.2) is 0 Å². The van der Waals surface area contributed by atoms with Gasteiger partial charge in [-0.15, -0.1) is 0 Å². The lowest BCUT2D eigenvalue weighted by Crippen LogP contribution is -2.11. The molecule has 0 aromatic heterocycles. The zero-order chi connectivity index (χ0) is 25.1. The normalized spacial score (nSPS) is 12.9. The summed E-state index contributed by atoms with van der Waals surface area (Å²) in [7, 11) is 0. The molecule has 0 atom stereocenters. The number of benzene rings is 6. The van der Waals surface area contributed by atoms with Gasteiger partial charge < -0.3 is 4.90 Å². The number of rotatable bonds is 3. The summed E-state index contributed by atoms with van der Waals surface area (Å²) in [6.07, 6.45) is 9.91. The van der Waals surface area contributed by atoms with Crippen LogP contribution in [-0.2, 0) is 0 Å². The van der Waals surface area contributed by atoms with Crippen molar-refractivity contribution in [2.24, 2.45) is 0 Å². The molecule has 0 amide bonds. The molecule has 0 N–H and O–H groups in total. The van der Waals surface area contributed by atoms with Crippen molar-refractivity contribution in [1.82, 2.24) is 0 Å². The van der Waals surface area contributed by atoms with Gasteiger partial charge in [-0.25, -0.2) is 0 Å². The highest BCUT2D eigenvalue weighted by molar-refractivity contribution is 6.19. The van der Waals surface area contributed by atoms with Gasteiger partial charge in [0, 0.05) is 16.8 Å². The van der Waals surface area contributed by atoms with Crippen LogP contribution in [-0.4, -0.2) is 0 Å². The van der Waals surface area contributed by atoms with Gasteiger partial charge in [-0.3, -0.25) is 0 Å². The van der Waals surface area contributed by atoms with E-state index < -0.39 is 0 Å². The van der Waals surface area contributed by atoms with Crippen molar-refractivity contribution >= 4 is 50.8 Å². The summed E-state index contributed by atoms with van der Waals surface area (Å²) in [4.78, 5) is 2.43. The summed E-state index contributed by atoms with van der Waals surface area (Å²) in [5.41, 5.74) is 11.3. The molecule has 8 rings (SSSR count). The fourth-order valence-electron chi connectivity index (χ4n) is 6.20.